The Balaban J connectivity index is 2.45. The number of nitrogens with zero attached hydrogens (tertiary/aromatic N) is 1. The van der Waals surface area contributed by atoms with Crippen LogP contribution in [0.2, 0.25) is 0 Å². The molecule has 18 heavy (non-hydrogen) atoms. The van der Waals surface area contributed by atoms with E-state index in [1.165, 1.54) is 0 Å². The lowest BCUT2D eigenvalue weighted by atomic mass is 9.88. The molecule has 0 unspecified atom stereocenters. The molecule has 3 N–H and O–H groups in total. The largest absolute Gasteiger partial charge is 0.381 e. The number of carbonyl (C=O) groups excluding carboxylic acids is 1. The molecule has 0 atom stereocenters. The van der Waals surface area contributed by atoms with Gasteiger partial charge in [-0.15, -0.1) is 0 Å². The molecule has 0 radical (unpaired) electrons. The zero-order valence-electron chi connectivity index (χ0n) is 12.1. The molecular weight excluding hydrogens is 230 g/mol. The van der Waals surface area contributed by atoms with E-state index in [0.717, 1.165) is 6.54 Å². The molecule has 5 nitrogen and oxygen atoms in total. The molecule has 1 aliphatic heterocycles. The van der Waals surface area contributed by atoms with Crippen LogP contribution in [0, 0.1) is 5.41 Å². The van der Waals surface area contributed by atoms with Gasteiger partial charge in [-0.05, 0) is 32.4 Å². The lowest BCUT2D eigenvalue weighted by Gasteiger charge is -2.34. The van der Waals surface area contributed by atoms with Crippen LogP contribution in [0.1, 0.15) is 26.7 Å². The Morgan fingerprint density at radius 1 is 1.39 bits per heavy atom. The quantitative estimate of drug-likeness (QED) is 0.738. The highest BCUT2D eigenvalue weighted by Gasteiger charge is 2.36. The third-order valence-corrected chi connectivity index (χ3v) is 3.31. The van der Waals surface area contributed by atoms with Crippen molar-refractivity contribution in [1.82, 2.24) is 10.2 Å². The molecule has 1 fully saturated rings. The second kappa shape index (κ2) is 5.99. The van der Waals surface area contributed by atoms with Gasteiger partial charge in [0.1, 0.15) is 0 Å². The standard InChI is InChI=1S/C13H27N3O2/c1-12(2,10-16(3)4)9-15-11(17)13(14)5-7-18-8-6-13/h5-10,14H2,1-4H3,(H,15,17). The van der Waals surface area contributed by atoms with Crippen molar-refractivity contribution in [3.05, 3.63) is 0 Å². The van der Waals surface area contributed by atoms with Gasteiger partial charge in [-0.25, -0.2) is 0 Å². The molecule has 1 aliphatic rings. The maximum atomic E-state index is 12.1. The summed E-state index contributed by atoms with van der Waals surface area (Å²) in [5, 5.41) is 2.99. The Kier molecular flexibility index (Phi) is 5.13. The minimum atomic E-state index is -0.744. The molecule has 1 rings (SSSR count). The molecule has 5 heteroatoms. The Labute approximate surface area is 110 Å². The zero-order valence-corrected chi connectivity index (χ0v) is 12.1. The van der Waals surface area contributed by atoms with E-state index < -0.39 is 5.54 Å². The van der Waals surface area contributed by atoms with Crippen molar-refractivity contribution in [2.75, 3.05) is 40.4 Å². The van der Waals surface area contributed by atoms with E-state index >= 15 is 0 Å². The number of nitrogens with one attached hydrogen (secondary N) is 1. The maximum absolute atomic E-state index is 12.1. The van der Waals surface area contributed by atoms with E-state index in [2.05, 4.69) is 24.1 Å². The van der Waals surface area contributed by atoms with Crippen LogP contribution in [-0.4, -0.2) is 56.7 Å². The molecular formula is C13H27N3O2. The normalized spacial score (nSPS) is 19.9. The second-order valence-corrected chi connectivity index (χ2v) is 6.35. The molecule has 0 spiro atoms. The Hall–Kier alpha value is -0.650. The summed E-state index contributed by atoms with van der Waals surface area (Å²) in [6.07, 6.45) is 1.21. The third kappa shape index (κ3) is 4.55. The summed E-state index contributed by atoms with van der Waals surface area (Å²) in [6.45, 7) is 6.99. The molecule has 0 aromatic rings. The van der Waals surface area contributed by atoms with Crippen molar-refractivity contribution in [1.29, 1.82) is 0 Å². The number of hydrogen-bond acceptors (Lipinski definition) is 4. The van der Waals surface area contributed by atoms with Crippen LogP contribution >= 0.6 is 0 Å². The highest BCUT2D eigenvalue weighted by atomic mass is 16.5. The van der Waals surface area contributed by atoms with E-state index in [0.29, 0.717) is 32.6 Å². The van der Waals surface area contributed by atoms with Gasteiger partial charge in [0.2, 0.25) is 5.91 Å². The Morgan fingerprint density at radius 2 is 1.94 bits per heavy atom. The van der Waals surface area contributed by atoms with Gasteiger partial charge >= 0.3 is 0 Å². The topological polar surface area (TPSA) is 67.6 Å². The van der Waals surface area contributed by atoms with Crippen molar-refractivity contribution in [2.24, 2.45) is 11.1 Å². The highest BCUT2D eigenvalue weighted by molar-refractivity contribution is 5.86. The number of ether oxygens (including phenoxy) is 1. The lowest BCUT2D eigenvalue weighted by Crippen LogP contribution is -2.58. The van der Waals surface area contributed by atoms with E-state index in [1.807, 2.05) is 14.1 Å². The zero-order chi connectivity index (χ0) is 13.8. The first-order valence-electron chi connectivity index (χ1n) is 6.55. The van der Waals surface area contributed by atoms with Crippen molar-refractivity contribution in [2.45, 2.75) is 32.2 Å². The first kappa shape index (κ1) is 15.4. The van der Waals surface area contributed by atoms with Crippen LogP contribution in [0.3, 0.4) is 0 Å². The van der Waals surface area contributed by atoms with Gasteiger partial charge in [0.05, 0.1) is 5.54 Å². The van der Waals surface area contributed by atoms with Gasteiger partial charge in [0.15, 0.2) is 0 Å². The Bertz CT molecular complexity index is 284. The SMILES string of the molecule is CN(C)CC(C)(C)CNC(=O)C1(N)CCOCC1. The predicted octanol–water partition coefficient (Wildman–Crippen LogP) is 0.198. The first-order valence-corrected chi connectivity index (χ1v) is 6.55. The summed E-state index contributed by atoms with van der Waals surface area (Å²) >= 11 is 0. The van der Waals surface area contributed by atoms with Crippen LogP contribution < -0.4 is 11.1 Å². The van der Waals surface area contributed by atoms with Crippen LogP contribution in [0.25, 0.3) is 0 Å². The van der Waals surface area contributed by atoms with Crippen molar-refractivity contribution < 1.29 is 9.53 Å². The van der Waals surface area contributed by atoms with Gasteiger partial charge in [0, 0.05) is 26.3 Å². The number of nitrogens with two attached hydrogens (primary N) is 1. The number of amides is 1. The molecule has 0 aliphatic carbocycles. The van der Waals surface area contributed by atoms with Gasteiger partial charge < -0.3 is 20.7 Å². The smallest absolute Gasteiger partial charge is 0.240 e. The van der Waals surface area contributed by atoms with Gasteiger partial charge in [-0.1, -0.05) is 13.8 Å². The number of hydrogen-bond donors (Lipinski definition) is 2. The fraction of sp³-hybridized carbons (Fsp3) is 0.923. The molecule has 106 valence electrons. The number of carbonyl (C=O) groups is 1. The summed E-state index contributed by atoms with van der Waals surface area (Å²) in [4.78, 5) is 14.3. The van der Waals surface area contributed by atoms with Gasteiger partial charge in [-0.3, -0.25) is 4.79 Å². The molecule has 0 bridgehead atoms. The first-order chi connectivity index (χ1) is 8.25. The van der Waals surface area contributed by atoms with E-state index in [-0.39, 0.29) is 11.3 Å². The fourth-order valence-electron chi connectivity index (χ4n) is 2.37. The van der Waals surface area contributed by atoms with Gasteiger partial charge in [0.25, 0.3) is 0 Å². The van der Waals surface area contributed by atoms with Crippen molar-refractivity contribution >= 4 is 5.91 Å². The summed E-state index contributed by atoms with van der Waals surface area (Å²) in [6, 6.07) is 0. The molecule has 1 saturated heterocycles. The predicted molar refractivity (Wildman–Crippen MR) is 72.3 cm³/mol. The molecule has 0 saturated carbocycles. The monoisotopic (exact) mass is 257 g/mol. The van der Waals surface area contributed by atoms with Crippen molar-refractivity contribution in [3.63, 3.8) is 0 Å². The molecule has 1 amide bonds. The van der Waals surface area contributed by atoms with Crippen LogP contribution in [0.4, 0.5) is 0 Å². The van der Waals surface area contributed by atoms with Crippen molar-refractivity contribution in [3.8, 4) is 0 Å². The van der Waals surface area contributed by atoms with Gasteiger partial charge in [-0.2, -0.15) is 0 Å². The summed E-state index contributed by atoms with van der Waals surface area (Å²) in [5.74, 6) is -0.0439. The van der Waals surface area contributed by atoms with E-state index in [9.17, 15) is 4.79 Å². The average Bonchev–Trinajstić information content (AvgIpc) is 2.25. The van der Waals surface area contributed by atoms with E-state index in [4.69, 9.17) is 10.5 Å². The minimum Gasteiger partial charge on any atom is -0.381 e. The molecule has 0 aromatic carbocycles. The highest BCUT2D eigenvalue weighted by Crippen LogP contribution is 2.19. The molecule has 0 aromatic heterocycles. The third-order valence-electron chi connectivity index (χ3n) is 3.31. The lowest BCUT2D eigenvalue weighted by molar-refractivity contribution is -0.130. The van der Waals surface area contributed by atoms with Crippen LogP contribution in [0.15, 0.2) is 0 Å². The maximum Gasteiger partial charge on any atom is 0.240 e. The Morgan fingerprint density at radius 3 is 2.44 bits per heavy atom. The summed E-state index contributed by atoms with van der Waals surface area (Å²) in [7, 11) is 4.07. The van der Waals surface area contributed by atoms with E-state index in [1.54, 1.807) is 0 Å². The summed E-state index contributed by atoms with van der Waals surface area (Å²) < 4.78 is 5.25. The fourth-order valence-corrected chi connectivity index (χ4v) is 2.37. The van der Waals surface area contributed by atoms with Crippen LogP contribution in [-0.2, 0) is 9.53 Å². The molecule has 1 heterocycles. The number of rotatable bonds is 5. The second-order valence-electron chi connectivity index (χ2n) is 6.35. The minimum absolute atomic E-state index is 0.0423. The average molecular weight is 257 g/mol. The van der Waals surface area contributed by atoms with Crippen LogP contribution in [0.5, 0.6) is 0 Å². The summed E-state index contributed by atoms with van der Waals surface area (Å²) in [5.41, 5.74) is 5.43.